The molecule has 1 atom stereocenters. The Morgan fingerprint density at radius 3 is 2.88 bits per heavy atom. The van der Waals surface area contributed by atoms with Crippen LogP contribution < -0.4 is 10.2 Å². The second kappa shape index (κ2) is 5.76. The molecule has 0 aromatic heterocycles. The Labute approximate surface area is 122 Å². The maximum atomic E-state index is 6.30. The van der Waals surface area contributed by atoms with E-state index in [0.717, 1.165) is 18.1 Å². The molecule has 1 aromatic carbocycles. The van der Waals surface area contributed by atoms with Gasteiger partial charge in [0.2, 0.25) is 0 Å². The van der Waals surface area contributed by atoms with E-state index < -0.39 is 0 Å². The molecule has 2 nitrogen and oxygen atoms in total. The summed E-state index contributed by atoms with van der Waals surface area (Å²) in [6, 6.07) is 7.41. The minimum atomic E-state index is 0.548. The first-order valence-corrected chi connectivity index (χ1v) is 7.48. The van der Waals surface area contributed by atoms with Gasteiger partial charge in [0.1, 0.15) is 0 Å². The summed E-state index contributed by atoms with van der Waals surface area (Å²) in [6.45, 7) is 6.53. The zero-order chi connectivity index (χ0) is 12.4. The van der Waals surface area contributed by atoms with Crippen molar-refractivity contribution in [3.8, 4) is 0 Å². The Morgan fingerprint density at radius 1 is 1.47 bits per heavy atom. The molecule has 2 rings (SSSR count). The van der Waals surface area contributed by atoms with Gasteiger partial charge in [0.15, 0.2) is 0 Å². The molecule has 0 radical (unpaired) electrons. The summed E-state index contributed by atoms with van der Waals surface area (Å²) in [5.74, 6) is 0. The molecule has 0 aliphatic carbocycles. The lowest BCUT2D eigenvalue weighted by molar-refractivity contribution is 0.492. The summed E-state index contributed by atoms with van der Waals surface area (Å²) in [6.07, 6.45) is 1.19. The fourth-order valence-corrected chi connectivity index (χ4v) is 3.30. The van der Waals surface area contributed by atoms with E-state index in [4.69, 9.17) is 11.6 Å². The number of anilines is 1. The molecule has 1 fully saturated rings. The van der Waals surface area contributed by atoms with Gasteiger partial charge < -0.3 is 10.2 Å². The van der Waals surface area contributed by atoms with Crippen molar-refractivity contribution >= 4 is 39.9 Å². The monoisotopic (exact) mass is 364 g/mol. The summed E-state index contributed by atoms with van der Waals surface area (Å²) in [4.78, 5) is 2.37. The molecule has 1 N–H and O–H groups in total. The van der Waals surface area contributed by atoms with E-state index in [-0.39, 0.29) is 0 Å². The van der Waals surface area contributed by atoms with Gasteiger partial charge in [-0.3, -0.25) is 0 Å². The van der Waals surface area contributed by atoms with Gasteiger partial charge in [0.05, 0.1) is 10.7 Å². The average molecular weight is 365 g/mol. The third-order valence-electron chi connectivity index (χ3n) is 3.01. The molecule has 1 aliphatic heterocycles. The first kappa shape index (κ1) is 13.4. The molecule has 1 aromatic rings. The number of nitrogens with zero attached hydrogens (tertiary/aromatic N) is 1. The summed E-state index contributed by atoms with van der Waals surface area (Å²) < 4.78 is 1.19. The third-order valence-corrected chi connectivity index (χ3v) is 3.98. The Balaban J connectivity index is 2.05. The van der Waals surface area contributed by atoms with Crippen LogP contribution in [0.4, 0.5) is 5.69 Å². The molecule has 0 saturated carbocycles. The Kier molecular flexibility index (Phi) is 4.55. The lowest BCUT2D eigenvalue weighted by Gasteiger charge is -2.21. The van der Waals surface area contributed by atoms with Gasteiger partial charge in [-0.2, -0.15) is 0 Å². The van der Waals surface area contributed by atoms with Crippen LogP contribution >= 0.6 is 34.2 Å². The second-order valence-electron chi connectivity index (χ2n) is 4.85. The van der Waals surface area contributed by atoms with E-state index in [1.807, 2.05) is 6.07 Å². The van der Waals surface area contributed by atoms with Gasteiger partial charge in [0, 0.05) is 28.7 Å². The van der Waals surface area contributed by atoms with Crippen molar-refractivity contribution in [3.63, 3.8) is 0 Å². The van der Waals surface area contributed by atoms with Crippen molar-refractivity contribution in [2.45, 2.75) is 32.4 Å². The van der Waals surface area contributed by atoms with E-state index >= 15 is 0 Å². The molecule has 1 unspecified atom stereocenters. The lowest BCUT2D eigenvalue weighted by Crippen LogP contribution is -2.37. The van der Waals surface area contributed by atoms with Crippen LogP contribution in [0, 0.1) is 3.57 Å². The highest BCUT2D eigenvalue weighted by molar-refractivity contribution is 14.1. The van der Waals surface area contributed by atoms with Crippen molar-refractivity contribution < 1.29 is 0 Å². The van der Waals surface area contributed by atoms with Crippen LogP contribution in [0.1, 0.15) is 20.3 Å². The van der Waals surface area contributed by atoms with Gasteiger partial charge in [-0.25, -0.2) is 0 Å². The second-order valence-corrected chi connectivity index (χ2v) is 6.50. The Morgan fingerprint density at radius 2 is 2.24 bits per heavy atom. The van der Waals surface area contributed by atoms with E-state index in [1.54, 1.807) is 0 Å². The van der Waals surface area contributed by atoms with Gasteiger partial charge in [-0.1, -0.05) is 25.4 Å². The van der Waals surface area contributed by atoms with Gasteiger partial charge in [0.25, 0.3) is 0 Å². The van der Waals surface area contributed by atoms with Gasteiger partial charge >= 0.3 is 0 Å². The van der Waals surface area contributed by atoms with Crippen LogP contribution in [0.25, 0.3) is 0 Å². The highest BCUT2D eigenvalue weighted by Gasteiger charge is 2.24. The van der Waals surface area contributed by atoms with E-state index in [1.165, 1.54) is 15.7 Å². The average Bonchev–Trinajstić information content (AvgIpc) is 2.65. The number of hydrogen-bond acceptors (Lipinski definition) is 2. The van der Waals surface area contributed by atoms with E-state index in [2.05, 4.69) is 58.8 Å². The highest BCUT2D eigenvalue weighted by atomic mass is 127. The molecule has 17 heavy (non-hydrogen) atoms. The van der Waals surface area contributed by atoms with Crippen LogP contribution in [0.2, 0.25) is 5.02 Å². The van der Waals surface area contributed by atoms with Crippen LogP contribution in [0.15, 0.2) is 18.2 Å². The van der Waals surface area contributed by atoms with Gasteiger partial charge in [-0.15, -0.1) is 0 Å². The summed E-state index contributed by atoms with van der Waals surface area (Å²) in [7, 11) is 0. The predicted octanol–water partition coefficient (Wildman–Crippen LogP) is 3.52. The standard InChI is InChI=1S/C13H18ClIN2/c1-9(2)16-11-5-6-17(8-11)13-4-3-10(15)7-12(13)14/h3-4,7,9,11,16H,5-6,8H2,1-2H3. The fourth-order valence-electron chi connectivity index (χ4n) is 2.32. The zero-order valence-electron chi connectivity index (χ0n) is 10.2. The van der Waals surface area contributed by atoms with Crippen molar-refractivity contribution in [2.75, 3.05) is 18.0 Å². The SMILES string of the molecule is CC(C)NC1CCN(c2ccc(I)cc2Cl)C1. The lowest BCUT2D eigenvalue weighted by atomic mass is 10.2. The first-order chi connectivity index (χ1) is 8.06. The highest BCUT2D eigenvalue weighted by Crippen LogP contribution is 2.30. The molecule has 0 amide bonds. The normalized spacial score (nSPS) is 20.3. The van der Waals surface area contributed by atoms with Crippen LogP contribution in [0.5, 0.6) is 0 Å². The van der Waals surface area contributed by atoms with E-state index in [0.29, 0.717) is 12.1 Å². The molecule has 0 bridgehead atoms. The Bertz CT molecular complexity index is 395. The zero-order valence-corrected chi connectivity index (χ0v) is 13.1. The van der Waals surface area contributed by atoms with Gasteiger partial charge in [-0.05, 0) is 47.2 Å². The fraction of sp³-hybridized carbons (Fsp3) is 0.538. The minimum absolute atomic E-state index is 0.548. The minimum Gasteiger partial charge on any atom is -0.369 e. The largest absolute Gasteiger partial charge is 0.369 e. The smallest absolute Gasteiger partial charge is 0.0650 e. The maximum Gasteiger partial charge on any atom is 0.0650 e. The maximum absolute atomic E-state index is 6.30. The molecule has 94 valence electrons. The summed E-state index contributed by atoms with van der Waals surface area (Å²) in [5.41, 5.74) is 1.17. The van der Waals surface area contributed by atoms with Crippen molar-refractivity contribution in [1.82, 2.24) is 5.32 Å². The van der Waals surface area contributed by atoms with Crippen molar-refractivity contribution in [3.05, 3.63) is 26.8 Å². The molecule has 1 heterocycles. The summed E-state index contributed by atoms with van der Waals surface area (Å²) >= 11 is 8.59. The molecule has 1 aliphatic rings. The third kappa shape index (κ3) is 3.48. The molecule has 1 saturated heterocycles. The van der Waals surface area contributed by atoms with Crippen molar-refractivity contribution in [2.24, 2.45) is 0 Å². The van der Waals surface area contributed by atoms with E-state index in [9.17, 15) is 0 Å². The number of halogens is 2. The molecular weight excluding hydrogens is 347 g/mol. The quantitative estimate of drug-likeness (QED) is 0.826. The summed E-state index contributed by atoms with van der Waals surface area (Å²) in [5, 5.41) is 4.45. The number of hydrogen-bond donors (Lipinski definition) is 1. The number of benzene rings is 1. The number of nitrogens with one attached hydrogen (secondary N) is 1. The Hall–Kier alpha value is -0.0000000000000000555. The van der Waals surface area contributed by atoms with Crippen LogP contribution in [-0.4, -0.2) is 25.2 Å². The molecule has 0 spiro atoms. The van der Waals surface area contributed by atoms with Crippen LogP contribution in [-0.2, 0) is 0 Å². The van der Waals surface area contributed by atoms with Crippen LogP contribution in [0.3, 0.4) is 0 Å². The molecule has 4 heteroatoms. The first-order valence-electron chi connectivity index (χ1n) is 6.02. The molecular formula is C13H18ClIN2. The predicted molar refractivity (Wildman–Crippen MR) is 83.1 cm³/mol. The number of rotatable bonds is 3. The van der Waals surface area contributed by atoms with Crippen molar-refractivity contribution in [1.29, 1.82) is 0 Å². The topological polar surface area (TPSA) is 15.3 Å².